The SMILES string of the molecule is CCOc1c(CN2C[C@@H](CN)[C@H](c3ccccc3)C2)c(C)nn1CC(C)C.Cl. The average Bonchev–Trinajstić information content (AvgIpc) is 3.18. The van der Waals surface area contributed by atoms with E-state index >= 15 is 0 Å². The fourth-order valence-corrected chi connectivity index (χ4v) is 4.18. The molecule has 2 heterocycles. The zero-order valence-corrected chi connectivity index (χ0v) is 18.4. The van der Waals surface area contributed by atoms with E-state index in [1.807, 2.05) is 11.6 Å². The molecule has 3 rings (SSSR count). The van der Waals surface area contributed by atoms with Gasteiger partial charge in [0.2, 0.25) is 5.88 Å². The molecule has 0 saturated carbocycles. The lowest BCUT2D eigenvalue weighted by Gasteiger charge is -2.18. The molecule has 0 unspecified atom stereocenters. The van der Waals surface area contributed by atoms with Crippen LogP contribution in [0.4, 0.5) is 0 Å². The Hall–Kier alpha value is -1.56. The van der Waals surface area contributed by atoms with E-state index < -0.39 is 0 Å². The van der Waals surface area contributed by atoms with Crippen LogP contribution in [0.25, 0.3) is 0 Å². The van der Waals surface area contributed by atoms with Gasteiger partial charge in [0, 0.05) is 32.1 Å². The number of nitrogens with zero attached hydrogens (tertiary/aromatic N) is 3. The predicted molar refractivity (Wildman–Crippen MR) is 117 cm³/mol. The highest BCUT2D eigenvalue weighted by Gasteiger charge is 2.34. The summed E-state index contributed by atoms with van der Waals surface area (Å²) < 4.78 is 8.06. The van der Waals surface area contributed by atoms with Crippen molar-refractivity contribution in [3.8, 4) is 5.88 Å². The Bertz CT molecular complexity index is 732. The number of hydrogen-bond donors (Lipinski definition) is 1. The van der Waals surface area contributed by atoms with E-state index in [0.29, 0.717) is 24.4 Å². The molecule has 156 valence electrons. The Kier molecular flexibility index (Phi) is 8.35. The largest absolute Gasteiger partial charge is 0.478 e. The molecule has 1 aromatic heterocycles. The monoisotopic (exact) mass is 406 g/mol. The Morgan fingerprint density at radius 2 is 1.93 bits per heavy atom. The molecule has 6 heteroatoms. The van der Waals surface area contributed by atoms with Crippen LogP contribution in [0.5, 0.6) is 5.88 Å². The van der Waals surface area contributed by atoms with Crippen molar-refractivity contribution in [1.82, 2.24) is 14.7 Å². The number of halogens is 1. The van der Waals surface area contributed by atoms with Crippen molar-refractivity contribution >= 4 is 12.4 Å². The molecule has 0 spiro atoms. The lowest BCUT2D eigenvalue weighted by molar-refractivity contribution is 0.274. The first-order chi connectivity index (χ1) is 13.0. The van der Waals surface area contributed by atoms with E-state index in [0.717, 1.165) is 44.3 Å². The minimum Gasteiger partial charge on any atom is -0.478 e. The van der Waals surface area contributed by atoms with E-state index in [2.05, 4.69) is 56.0 Å². The van der Waals surface area contributed by atoms with Gasteiger partial charge in [-0.2, -0.15) is 5.10 Å². The molecular weight excluding hydrogens is 372 g/mol. The van der Waals surface area contributed by atoms with Crippen molar-refractivity contribution in [3.63, 3.8) is 0 Å². The van der Waals surface area contributed by atoms with Crippen molar-refractivity contribution < 1.29 is 4.74 Å². The predicted octanol–water partition coefficient (Wildman–Crippen LogP) is 3.84. The van der Waals surface area contributed by atoms with E-state index in [1.165, 1.54) is 11.1 Å². The van der Waals surface area contributed by atoms with Crippen LogP contribution in [0.3, 0.4) is 0 Å². The fraction of sp³-hybridized carbons (Fsp3) is 0.591. The Balaban J connectivity index is 0.00000280. The summed E-state index contributed by atoms with van der Waals surface area (Å²) in [5, 5.41) is 4.77. The van der Waals surface area contributed by atoms with E-state index in [4.69, 9.17) is 15.6 Å². The van der Waals surface area contributed by atoms with Gasteiger partial charge in [-0.15, -0.1) is 12.4 Å². The molecule has 2 aromatic rings. The maximum Gasteiger partial charge on any atom is 0.216 e. The first-order valence-corrected chi connectivity index (χ1v) is 10.2. The van der Waals surface area contributed by atoms with Gasteiger partial charge in [0.1, 0.15) is 0 Å². The second-order valence-electron chi connectivity index (χ2n) is 8.09. The topological polar surface area (TPSA) is 56.3 Å². The van der Waals surface area contributed by atoms with Crippen LogP contribution in [0.2, 0.25) is 0 Å². The van der Waals surface area contributed by atoms with Gasteiger partial charge in [-0.1, -0.05) is 44.2 Å². The average molecular weight is 407 g/mol. The van der Waals surface area contributed by atoms with Crippen LogP contribution in [0.1, 0.15) is 43.5 Å². The summed E-state index contributed by atoms with van der Waals surface area (Å²) in [6.45, 7) is 13.8. The first-order valence-electron chi connectivity index (χ1n) is 10.2. The van der Waals surface area contributed by atoms with Crippen LogP contribution in [-0.4, -0.2) is 40.9 Å². The van der Waals surface area contributed by atoms with Gasteiger partial charge in [-0.05, 0) is 37.8 Å². The molecule has 5 nitrogen and oxygen atoms in total. The van der Waals surface area contributed by atoms with Crippen LogP contribution in [0.15, 0.2) is 30.3 Å². The summed E-state index contributed by atoms with van der Waals surface area (Å²) in [5.41, 5.74) is 9.81. The number of nitrogens with two attached hydrogens (primary N) is 1. The van der Waals surface area contributed by atoms with Crippen LogP contribution in [0, 0.1) is 18.8 Å². The molecule has 1 aliphatic rings. The number of hydrogen-bond acceptors (Lipinski definition) is 4. The molecular formula is C22H35ClN4O. The van der Waals surface area contributed by atoms with Gasteiger partial charge in [0.15, 0.2) is 0 Å². The summed E-state index contributed by atoms with van der Waals surface area (Å²) in [5.74, 6) is 2.47. The van der Waals surface area contributed by atoms with Gasteiger partial charge >= 0.3 is 0 Å². The third-order valence-electron chi connectivity index (χ3n) is 5.45. The molecule has 2 N–H and O–H groups in total. The van der Waals surface area contributed by atoms with Crippen molar-refractivity contribution in [2.75, 3.05) is 26.2 Å². The molecule has 28 heavy (non-hydrogen) atoms. The van der Waals surface area contributed by atoms with Gasteiger partial charge < -0.3 is 10.5 Å². The fourth-order valence-electron chi connectivity index (χ4n) is 4.18. The molecule has 0 radical (unpaired) electrons. The van der Waals surface area contributed by atoms with Gasteiger partial charge in [-0.25, -0.2) is 4.68 Å². The normalized spacial score (nSPS) is 19.8. The van der Waals surface area contributed by atoms with Gasteiger partial charge in [-0.3, -0.25) is 4.90 Å². The molecule has 0 amide bonds. The number of rotatable bonds is 8. The second-order valence-corrected chi connectivity index (χ2v) is 8.09. The van der Waals surface area contributed by atoms with Crippen molar-refractivity contribution in [2.45, 2.75) is 46.7 Å². The van der Waals surface area contributed by atoms with E-state index in [-0.39, 0.29) is 12.4 Å². The lowest BCUT2D eigenvalue weighted by Crippen LogP contribution is -2.23. The second kappa shape index (κ2) is 10.3. The number of aryl methyl sites for hydroxylation is 1. The summed E-state index contributed by atoms with van der Waals surface area (Å²) in [6, 6.07) is 10.8. The molecule has 1 saturated heterocycles. The Morgan fingerprint density at radius 3 is 2.54 bits per heavy atom. The molecule has 1 aliphatic heterocycles. The third-order valence-corrected chi connectivity index (χ3v) is 5.45. The van der Waals surface area contributed by atoms with Crippen molar-refractivity contribution in [2.24, 2.45) is 17.6 Å². The summed E-state index contributed by atoms with van der Waals surface area (Å²) in [7, 11) is 0. The zero-order chi connectivity index (χ0) is 19.4. The highest BCUT2D eigenvalue weighted by Crippen LogP contribution is 2.34. The third kappa shape index (κ3) is 5.07. The molecule has 2 atom stereocenters. The van der Waals surface area contributed by atoms with Gasteiger partial charge in [0.05, 0.1) is 17.9 Å². The van der Waals surface area contributed by atoms with Crippen LogP contribution < -0.4 is 10.5 Å². The molecule has 0 aliphatic carbocycles. The number of aromatic nitrogens is 2. The molecule has 1 aromatic carbocycles. The molecule has 0 bridgehead atoms. The smallest absolute Gasteiger partial charge is 0.216 e. The van der Waals surface area contributed by atoms with E-state index in [1.54, 1.807) is 0 Å². The van der Waals surface area contributed by atoms with Gasteiger partial charge in [0.25, 0.3) is 0 Å². The zero-order valence-electron chi connectivity index (χ0n) is 17.6. The highest BCUT2D eigenvalue weighted by molar-refractivity contribution is 5.85. The Labute approximate surface area is 175 Å². The van der Waals surface area contributed by atoms with Crippen LogP contribution in [-0.2, 0) is 13.1 Å². The molecule has 1 fully saturated rings. The maximum absolute atomic E-state index is 6.12. The summed E-state index contributed by atoms with van der Waals surface area (Å²) in [4.78, 5) is 2.52. The van der Waals surface area contributed by atoms with Crippen molar-refractivity contribution in [3.05, 3.63) is 47.2 Å². The van der Waals surface area contributed by atoms with Crippen LogP contribution >= 0.6 is 12.4 Å². The number of benzene rings is 1. The minimum atomic E-state index is 0. The number of ether oxygens (including phenoxy) is 1. The quantitative estimate of drug-likeness (QED) is 0.723. The first kappa shape index (κ1) is 22.7. The minimum absolute atomic E-state index is 0. The lowest BCUT2D eigenvalue weighted by atomic mass is 9.89. The van der Waals surface area contributed by atoms with E-state index in [9.17, 15) is 0 Å². The standard InChI is InChI=1S/C22H34N4O.ClH/c1-5-27-22-20(17(4)24-26(22)12-16(2)3)14-25-13-19(11-23)21(15-25)18-9-7-6-8-10-18;/h6-10,16,19,21H,5,11-15,23H2,1-4H3;1H/t19-,21+;/m1./s1. The maximum atomic E-state index is 6.12. The number of likely N-dealkylation sites (tertiary alicyclic amines) is 1. The Morgan fingerprint density at radius 1 is 1.21 bits per heavy atom. The summed E-state index contributed by atoms with van der Waals surface area (Å²) >= 11 is 0. The highest BCUT2D eigenvalue weighted by atomic mass is 35.5. The van der Waals surface area contributed by atoms with Crippen molar-refractivity contribution in [1.29, 1.82) is 0 Å². The summed E-state index contributed by atoms with van der Waals surface area (Å²) in [6.07, 6.45) is 0.